The summed E-state index contributed by atoms with van der Waals surface area (Å²) in [7, 11) is -1.37. The van der Waals surface area contributed by atoms with E-state index in [4.69, 9.17) is 5.73 Å². The highest BCUT2D eigenvalue weighted by molar-refractivity contribution is 7.90. The van der Waals surface area contributed by atoms with Crippen LogP contribution in [0.2, 0.25) is 0 Å². The van der Waals surface area contributed by atoms with Gasteiger partial charge in [0.05, 0.1) is 27.0 Å². The molecule has 0 aliphatic heterocycles. The van der Waals surface area contributed by atoms with Crippen molar-refractivity contribution < 1.29 is 13.2 Å². The summed E-state index contributed by atoms with van der Waals surface area (Å²) in [6.07, 6.45) is 2.87. The van der Waals surface area contributed by atoms with Crippen LogP contribution in [0.4, 0.5) is 5.82 Å². The average molecular weight is 492 g/mol. The van der Waals surface area contributed by atoms with Crippen molar-refractivity contribution >= 4 is 54.1 Å². The van der Waals surface area contributed by atoms with Gasteiger partial charge in [0.25, 0.3) is 5.91 Å². The van der Waals surface area contributed by atoms with Crippen molar-refractivity contribution in [1.29, 1.82) is 0 Å². The molecule has 3 aromatic heterocycles. The summed E-state index contributed by atoms with van der Waals surface area (Å²) in [5.74, 6) is 0.138. The van der Waals surface area contributed by atoms with Crippen LogP contribution in [0.5, 0.6) is 0 Å². The fourth-order valence-corrected chi connectivity index (χ4v) is 5.63. The van der Waals surface area contributed by atoms with Crippen LogP contribution in [0.1, 0.15) is 15.9 Å². The maximum atomic E-state index is 12.5. The van der Waals surface area contributed by atoms with Gasteiger partial charge in [0.15, 0.2) is 15.7 Å². The van der Waals surface area contributed by atoms with E-state index in [1.165, 1.54) is 24.3 Å². The van der Waals surface area contributed by atoms with Crippen molar-refractivity contribution in [2.75, 3.05) is 12.0 Å². The minimum atomic E-state index is -3.30. The number of nitrogens with two attached hydrogens (primary N) is 1. The molecule has 172 valence electrons. The number of nitrogens with one attached hydrogen (secondary N) is 1. The second-order valence-electron chi connectivity index (χ2n) is 8.05. The molecule has 0 fully saturated rings. The number of nitrogens with zero attached hydrogens (tertiary/aromatic N) is 3. The minimum Gasteiger partial charge on any atom is -0.382 e. The molecule has 0 spiro atoms. The Morgan fingerprint density at radius 3 is 2.65 bits per heavy atom. The number of fused-ring (bicyclic) bond motifs is 3. The first-order valence-corrected chi connectivity index (χ1v) is 13.1. The largest absolute Gasteiger partial charge is 0.382 e. The smallest absolute Gasteiger partial charge is 0.251 e. The van der Waals surface area contributed by atoms with E-state index >= 15 is 0 Å². The van der Waals surface area contributed by atoms with Crippen molar-refractivity contribution in [3.05, 3.63) is 72.1 Å². The molecule has 3 heterocycles. The van der Waals surface area contributed by atoms with E-state index in [0.717, 1.165) is 38.0 Å². The Bertz CT molecular complexity index is 1670. The summed E-state index contributed by atoms with van der Waals surface area (Å²) in [5.41, 5.74) is 10.9. The molecular weight excluding hydrogens is 470 g/mol. The minimum absolute atomic E-state index is 0.180. The molecule has 0 atom stereocenters. The molecular formula is C24H21N5O3S2. The molecule has 0 bridgehead atoms. The zero-order valence-electron chi connectivity index (χ0n) is 18.4. The first kappa shape index (κ1) is 22.1. The lowest BCUT2D eigenvalue weighted by atomic mass is 10.1. The number of aryl methyl sites for hydroxylation is 1. The first-order valence-electron chi connectivity index (χ1n) is 10.4. The first-order chi connectivity index (χ1) is 16.2. The lowest BCUT2D eigenvalue weighted by Gasteiger charge is -2.07. The number of carbonyl (C=O) groups excluding carboxylic acids is 1. The monoisotopic (exact) mass is 491 g/mol. The molecule has 3 N–H and O–H groups in total. The van der Waals surface area contributed by atoms with E-state index in [1.54, 1.807) is 17.7 Å². The Morgan fingerprint density at radius 1 is 1.15 bits per heavy atom. The van der Waals surface area contributed by atoms with Crippen molar-refractivity contribution in [2.24, 2.45) is 7.05 Å². The number of aromatic nitrogens is 3. The summed E-state index contributed by atoms with van der Waals surface area (Å²) in [5, 5.41) is 2.89. The molecule has 0 unspecified atom stereocenters. The van der Waals surface area contributed by atoms with Gasteiger partial charge in [-0.1, -0.05) is 18.2 Å². The average Bonchev–Trinajstić information content (AvgIpc) is 3.41. The molecule has 5 aromatic rings. The predicted molar refractivity (Wildman–Crippen MR) is 134 cm³/mol. The second-order valence-corrected chi connectivity index (χ2v) is 11.1. The maximum Gasteiger partial charge on any atom is 0.251 e. The number of benzene rings is 2. The number of anilines is 1. The van der Waals surface area contributed by atoms with Crippen molar-refractivity contribution in [3.8, 4) is 10.4 Å². The third-order valence-electron chi connectivity index (χ3n) is 5.56. The van der Waals surface area contributed by atoms with Crippen LogP contribution in [0.15, 0.2) is 65.8 Å². The number of imidazole rings is 1. The normalized spacial score (nSPS) is 11.8. The van der Waals surface area contributed by atoms with Gasteiger partial charge in [0.2, 0.25) is 0 Å². The molecule has 1 amide bonds. The molecule has 0 saturated carbocycles. The number of pyridine rings is 1. The van der Waals surface area contributed by atoms with Crippen LogP contribution in [0, 0.1) is 0 Å². The molecule has 0 saturated heterocycles. The van der Waals surface area contributed by atoms with Gasteiger partial charge in [0.1, 0.15) is 5.52 Å². The third kappa shape index (κ3) is 4.02. The van der Waals surface area contributed by atoms with Crippen molar-refractivity contribution in [3.63, 3.8) is 0 Å². The Balaban J connectivity index is 1.38. The van der Waals surface area contributed by atoms with Gasteiger partial charge in [0, 0.05) is 30.3 Å². The van der Waals surface area contributed by atoms with E-state index in [1.807, 2.05) is 41.9 Å². The molecule has 0 aliphatic carbocycles. The standard InChI is InChI=1S/C24H21N5O3S2/c1-29-13-27-20-21(29)22-18(28-23(20)25)11-19(33-22)16-5-3-4-14(10-16)12-26-24(30)15-6-8-17(9-7-15)34(2,31)32/h3-11,13H,12H2,1-2H3,(H2,25,28)(H,26,30). The summed E-state index contributed by atoms with van der Waals surface area (Å²) >= 11 is 1.63. The Morgan fingerprint density at radius 2 is 1.91 bits per heavy atom. The second kappa shape index (κ2) is 8.23. The van der Waals surface area contributed by atoms with Gasteiger partial charge in [-0.25, -0.2) is 18.4 Å². The van der Waals surface area contributed by atoms with Crippen LogP contribution >= 0.6 is 11.3 Å². The summed E-state index contributed by atoms with van der Waals surface area (Å²) in [6, 6.07) is 15.9. The van der Waals surface area contributed by atoms with E-state index < -0.39 is 9.84 Å². The van der Waals surface area contributed by atoms with Gasteiger partial charge in [-0.2, -0.15) is 0 Å². The zero-order valence-corrected chi connectivity index (χ0v) is 20.1. The fraction of sp³-hybridized carbons (Fsp3) is 0.125. The lowest BCUT2D eigenvalue weighted by molar-refractivity contribution is 0.0951. The van der Waals surface area contributed by atoms with Crippen LogP contribution in [0.3, 0.4) is 0 Å². The number of rotatable bonds is 5. The van der Waals surface area contributed by atoms with Crippen LogP contribution in [0.25, 0.3) is 31.7 Å². The molecule has 34 heavy (non-hydrogen) atoms. The SMILES string of the molecule is Cn1cnc2c(N)nc3cc(-c4cccc(CNC(=O)c5ccc(S(C)(=O)=O)cc5)c4)sc3c21. The molecule has 0 aliphatic rings. The lowest BCUT2D eigenvalue weighted by Crippen LogP contribution is -2.22. The fourth-order valence-electron chi connectivity index (χ4n) is 3.82. The van der Waals surface area contributed by atoms with E-state index in [2.05, 4.69) is 15.3 Å². The Kier molecular flexibility index (Phi) is 5.34. The van der Waals surface area contributed by atoms with Crippen LogP contribution in [-0.4, -0.2) is 35.1 Å². The summed E-state index contributed by atoms with van der Waals surface area (Å²) in [4.78, 5) is 22.6. The van der Waals surface area contributed by atoms with Crippen LogP contribution < -0.4 is 11.1 Å². The number of thiophene rings is 1. The zero-order chi connectivity index (χ0) is 24.0. The number of hydrogen-bond acceptors (Lipinski definition) is 7. The van der Waals surface area contributed by atoms with Crippen molar-refractivity contribution in [1.82, 2.24) is 19.9 Å². The van der Waals surface area contributed by atoms with Crippen LogP contribution in [-0.2, 0) is 23.4 Å². The third-order valence-corrected chi connectivity index (χ3v) is 7.87. The van der Waals surface area contributed by atoms with Gasteiger partial charge in [-0.05, 0) is 47.5 Å². The Hall–Kier alpha value is -3.76. The summed E-state index contributed by atoms with van der Waals surface area (Å²) < 4.78 is 26.2. The number of nitrogen functional groups attached to an aromatic ring is 1. The van der Waals surface area contributed by atoms with Gasteiger partial charge in [-0.3, -0.25) is 4.79 Å². The molecule has 8 nitrogen and oxygen atoms in total. The number of sulfone groups is 1. The highest BCUT2D eigenvalue weighted by atomic mass is 32.2. The maximum absolute atomic E-state index is 12.5. The van der Waals surface area contributed by atoms with Gasteiger partial charge >= 0.3 is 0 Å². The number of amides is 1. The highest BCUT2D eigenvalue weighted by Crippen LogP contribution is 2.38. The molecule has 0 radical (unpaired) electrons. The predicted octanol–water partition coefficient (Wildman–Crippen LogP) is 3.77. The molecule has 5 rings (SSSR count). The van der Waals surface area contributed by atoms with E-state index in [9.17, 15) is 13.2 Å². The highest BCUT2D eigenvalue weighted by Gasteiger charge is 2.15. The van der Waals surface area contributed by atoms with Crippen molar-refractivity contribution in [2.45, 2.75) is 11.4 Å². The van der Waals surface area contributed by atoms with E-state index in [0.29, 0.717) is 23.4 Å². The number of carbonyl (C=O) groups is 1. The Labute approximate surface area is 200 Å². The van der Waals surface area contributed by atoms with Gasteiger partial charge < -0.3 is 15.6 Å². The topological polar surface area (TPSA) is 120 Å². The molecule has 10 heteroatoms. The van der Waals surface area contributed by atoms with Gasteiger partial charge in [-0.15, -0.1) is 11.3 Å². The molecule has 2 aromatic carbocycles. The number of hydrogen-bond donors (Lipinski definition) is 2. The van der Waals surface area contributed by atoms with E-state index in [-0.39, 0.29) is 10.8 Å². The summed E-state index contributed by atoms with van der Waals surface area (Å²) in [6.45, 7) is 0.336. The quantitative estimate of drug-likeness (QED) is 0.386.